The van der Waals surface area contributed by atoms with E-state index in [2.05, 4.69) is 172 Å². The molecule has 1 unspecified atom stereocenters. The monoisotopic (exact) mass is 669 g/mol. The molecule has 5 rings (SSSR count). The molecular formula is C37H44Cl3SiTi. The minimum Gasteiger partial charge on any atom is -0.147 e. The van der Waals surface area contributed by atoms with Gasteiger partial charge in [0.15, 0.2) is 0 Å². The average Bonchev–Trinajstić information content (AvgIpc) is 3.20. The van der Waals surface area contributed by atoms with Gasteiger partial charge in [0, 0.05) is 0 Å². The van der Waals surface area contributed by atoms with Gasteiger partial charge in [-0.2, -0.15) is 0 Å². The van der Waals surface area contributed by atoms with Gasteiger partial charge in [0.25, 0.3) is 0 Å². The molecule has 0 saturated carbocycles. The molecule has 5 heteroatoms. The van der Waals surface area contributed by atoms with Gasteiger partial charge in [-0.15, -0.1) is 37.2 Å². The Hall–Kier alpha value is -1.58. The van der Waals surface area contributed by atoms with Crippen LogP contribution >= 0.6 is 37.2 Å². The first-order valence-corrected chi connectivity index (χ1v) is 17.2. The number of halogens is 3. The molecule has 1 aliphatic carbocycles. The largest absolute Gasteiger partial charge is 0.147 e. The Kier molecular flexibility index (Phi) is 12.6. The zero-order valence-corrected chi connectivity index (χ0v) is 30.8. The van der Waals surface area contributed by atoms with Crippen molar-refractivity contribution in [2.24, 2.45) is 0 Å². The maximum atomic E-state index is 2.56. The molecule has 0 spiro atoms. The number of benzene rings is 4. The van der Waals surface area contributed by atoms with E-state index in [0.717, 1.165) is 0 Å². The molecule has 42 heavy (non-hydrogen) atoms. The van der Waals surface area contributed by atoms with Crippen LogP contribution in [-0.4, -0.2) is 8.07 Å². The summed E-state index contributed by atoms with van der Waals surface area (Å²) in [6, 6.07) is 38.0. The van der Waals surface area contributed by atoms with E-state index in [0.29, 0.717) is 17.8 Å². The Morgan fingerprint density at radius 1 is 0.548 bits per heavy atom. The van der Waals surface area contributed by atoms with Gasteiger partial charge in [-0.05, 0) is 0 Å². The fourth-order valence-corrected chi connectivity index (χ4v) is 14.8. The van der Waals surface area contributed by atoms with E-state index in [-0.39, 0.29) is 40.6 Å². The van der Waals surface area contributed by atoms with Gasteiger partial charge >= 0.3 is 250 Å². The fraction of sp³-hybridized carbons (Fsp3) is 0.297. The van der Waals surface area contributed by atoms with Crippen molar-refractivity contribution in [2.75, 3.05) is 0 Å². The zero-order chi connectivity index (χ0) is 27.9. The maximum Gasteiger partial charge on any atom is -0.147 e. The van der Waals surface area contributed by atoms with Gasteiger partial charge in [-0.25, -0.2) is 0 Å². The summed E-state index contributed by atoms with van der Waals surface area (Å²) in [5, 5.41) is 4.51. The summed E-state index contributed by atoms with van der Waals surface area (Å²) in [5.74, 6) is 1.42. The molecule has 0 N–H and O–H groups in total. The smallest absolute Gasteiger partial charge is 0.147 e. The molecule has 1 atom stereocenters. The van der Waals surface area contributed by atoms with E-state index in [4.69, 9.17) is 0 Å². The Morgan fingerprint density at radius 3 is 1.31 bits per heavy atom. The van der Waals surface area contributed by atoms with Gasteiger partial charge < -0.3 is 0 Å². The summed E-state index contributed by atoms with van der Waals surface area (Å²) in [6.07, 6.45) is 2.46. The maximum absolute atomic E-state index is 2.73. The van der Waals surface area contributed by atoms with Crippen LogP contribution in [0.5, 0.6) is 0 Å². The molecule has 0 fully saturated rings. The van der Waals surface area contributed by atoms with Crippen LogP contribution < -0.4 is 15.6 Å². The number of hydrogen-bond acceptors (Lipinski definition) is 0. The minimum atomic E-state index is -2.73. The molecule has 0 saturated heterocycles. The first kappa shape index (κ1) is 36.6. The number of hydrogen-bond donors (Lipinski definition) is 0. The Morgan fingerprint density at radius 2 is 0.929 bits per heavy atom. The predicted molar refractivity (Wildman–Crippen MR) is 190 cm³/mol. The van der Waals surface area contributed by atoms with Crippen LogP contribution in [0.1, 0.15) is 94.0 Å². The van der Waals surface area contributed by atoms with Crippen LogP contribution in [0.3, 0.4) is 0 Å². The predicted octanol–water partition coefficient (Wildman–Crippen LogP) is 9.19. The van der Waals surface area contributed by atoms with Gasteiger partial charge in [-0.1, -0.05) is 0 Å². The first-order valence-electron chi connectivity index (χ1n) is 14.4. The summed E-state index contributed by atoms with van der Waals surface area (Å²) in [4.78, 5) is 0. The summed E-state index contributed by atoms with van der Waals surface area (Å²) < 4.78 is -0.148. The molecule has 4 aromatic rings. The molecule has 0 bridgehead atoms. The second-order valence-electron chi connectivity index (χ2n) is 12.3. The van der Waals surface area contributed by atoms with Crippen LogP contribution in [0.2, 0.25) is 0 Å². The first-order chi connectivity index (χ1) is 18.6. The summed E-state index contributed by atoms with van der Waals surface area (Å²) in [6.45, 7) is 16.3. The van der Waals surface area contributed by atoms with Crippen LogP contribution in [-0.2, 0) is 23.8 Å². The Bertz CT molecular complexity index is 1420. The van der Waals surface area contributed by atoms with Crippen molar-refractivity contribution < 1.29 is 20.4 Å². The van der Waals surface area contributed by atoms with Crippen molar-refractivity contribution in [3.63, 3.8) is 0 Å². The van der Waals surface area contributed by atoms with Crippen molar-refractivity contribution in [1.29, 1.82) is 0 Å². The molecule has 0 aliphatic heterocycles. The molecule has 0 aromatic heterocycles. The third-order valence-electron chi connectivity index (χ3n) is 8.85. The van der Waals surface area contributed by atoms with E-state index in [1.54, 1.807) is 0 Å². The standard InChI is InChI=1S/C37H41Si.3ClH.Ti/c1-25(2)29-14-10-17-33(22-29)38(34-18-11-15-30(23-34)26(3)4,35-19-12-16-31(24-35)27(5)6)37-28(7)21-32-13-8-9-20-36(32)37;;;;/h8-27H,1-7H3;3*1H;. The van der Waals surface area contributed by atoms with Gasteiger partial charge in [0.1, 0.15) is 0 Å². The van der Waals surface area contributed by atoms with E-state index in [1.807, 2.05) is 0 Å². The Labute approximate surface area is 285 Å². The van der Waals surface area contributed by atoms with Crippen LogP contribution in [0, 0.1) is 0 Å². The number of allylic oxidation sites excluding steroid dienone is 1. The second kappa shape index (κ2) is 14.5. The van der Waals surface area contributed by atoms with E-state index in [1.165, 1.54) is 49.0 Å². The van der Waals surface area contributed by atoms with E-state index < -0.39 is 8.07 Å². The molecule has 0 radical (unpaired) electrons. The fourth-order valence-electron chi connectivity index (χ4n) is 6.56. The quantitative estimate of drug-likeness (QED) is 0.136. The van der Waals surface area contributed by atoms with E-state index >= 15 is 0 Å². The van der Waals surface area contributed by atoms with Crippen LogP contribution in [0.25, 0.3) is 6.08 Å². The summed E-state index contributed by atoms with van der Waals surface area (Å²) in [7, 11) is -2.73. The van der Waals surface area contributed by atoms with E-state index in [9.17, 15) is 0 Å². The molecule has 0 nitrogen and oxygen atoms in total. The molecular weight excluding hydrogens is 627 g/mol. The normalized spacial score (nSPS) is 15.9. The number of rotatable bonds is 7. The third-order valence-corrected chi connectivity index (χ3v) is 17.0. The SMILES string of the molecule is CC1=Cc2ccccc2[C]1([Ti])[Si](c1cccc(C(C)C)c1)(c1cccc(C(C)C)c1)c1cccc(C(C)C)c1.Cl.Cl.Cl. The number of fused-ring (bicyclic) bond motifs is 1. The second-order valence-corrected chi connectivity index (χ2v) is 18.2. The Balaban J connectivity index is 0.00000205. The summed E-state index contributed by atoms with van der Waals surface area (Å²) >= 11 is 2.56. The molecule has 0 heterocycles. The average molecular weight is 671 g/mol. The van der Waals surface area contributed by atoms with Crippen molar-refractivity contribution in [1.82, 2.24) is 0 Å². The molecule has 1 aliphatic rings. The van der Waals surface area contributed by atoms with Crippen molar-refractivity contribution in [2.45, 2.75) is 69.6 Å². The summed E-state index contributed by atoms with van der Waals surface area (Å²) in [5.41, 5.74) is 8.56. The molecule has 4 aromatic carbocycles. The molecule has 221 valence electrons. The van der Waals surface area contributed by atoms with Crippen molar-refractivity contribution >= 4 is 66.9 Å². The zero-order valence-electron chi connectivity index (χ0n) is 25.8. The van der Waals surface area contributed by atoms with Gasteiger partial charge in [0.2, 0.25) is 0 Å². The van der Waals surface area contributed by atoms with Crippen LogP contribution in [0.15, 0.2) is 103 Å². The van der Waals surface area contributed by atoms with Crippen molar-refractivity contribution in [3.05, 3.63) is 130 Å². The minimum absolute atomic E-state index is 0. The molecule has 0 amide bonds. The van der Waals surface area contributed by atoms with Gasteiger partial charge in [-0.3, -0.25) is 0 Å². The van der Waals surface area contributed by atoms with Crippen LogP contribution in [0.4, 0.5) is 0 Å². The topological polar surface area (TPSA) is 0 Å². The third kappa shape index (κ3) is 6.03. The van der Waals surface area contributed by atoms with Gasteiger partial charge in [0.05, 0.1) is 0 Å². The van der Waals surface area contributed by atoms with Crippen molar-refractivity contribution in [3.8, 4) is 0 Å².